The molecule has 0 rings (SSSR count). The minimum absolute atomic E-state index is 0.991. The van der Waals surface area contributed by atoms with Crippen molar-refractivity contribution >= 4 is 6.21 Å². The van der Waals surface area contributed by atoms with Crippen molar-refractivity contribution in [3.8, 4) is 0 Å². The lowest BCUT2D eigenvalue weighted by molar-refractivity contribution is 1.42. The van der Waals surface area contributed by atoms with E-state index in [0.29, 0.717) is 0 Å². The van der Waals surface area contributed by atoms with Crippen molar-refractivity contribution in [2.75, 3.05) is 0 Å². The minimum Gasteiger partial charge on any atom is -0.308 e. The monoisotopic (exact) mass is 123 g/mol. The fourth-order valence-electron chi connectivity index (χ4n) is 0.484. The smallest absolute Gasteiger partial charge is 0.0207 e. The first-order valence-electron chi connectivity index (χ1n) is 3.02. The maximum atomic E-state index is 6.86. The SMILES string of the molecule is C/C=C(C)\C=C(\C)C=N. The third kappa shape index (κ3) is 3.71. The molecular weight excluding hydrogens is 110 g/mol. The molecule has 0 unspecified atom stereocenters. The van der Waals surface area contributed by atoms with Crippen LogP contribution >= 0.6 is 0 Å². The van der Waals surface area contributed by atoms with E-state index in [1.165, 1.54) is 11.8 Å². The highest BCUT2D eigenvalue weighted by Crippen LogP contribution is 1.97. The second kappa shape index (κ2) is 4.07. The van der Waals surface area contributed by atoms with Crippen LogP contribution in [-0.2, 0) is 0 Å². The molecule has 0 saturated carbocycles. The van der Waals surface area contributed by atoms with E-state index in [0.717, 1.165) is 5.57 Å². The van der Waals surface area contributed by atoms with Crippen molar-refractivity contribution in [3.05, 3.63) is 23.3 Å². The average Bonchev–Trinajstić information content (AvgIpc) is 1.87. The molecule has 1 heteroatoms. The topological polar surface area (TPSA) is 23.9 Å². The van der Waals surface area contributed by atoms with E-state index in [4.69, 9.17) is 5.41 Å². The summed E-state index contributed by atoms with van der Waals surface area (Å²) in [4.78, 5) is 0. The van der Waals surface area contributed by atoms with Crippen molar-refractivity contribution in [2.24, 2.45) is 0 Å². The van der Waals surface area contributed by atoms with Crippen LogP contribution in [0.2, 0.25) is 0 Å². The normalized spacial score (nSPS) is 13.7. The number of hydrogen-bond acceptors (Lipinski definition) is 1. The van der Waals surface area contributed by atoms with E-state index in [1.54, 1.807) is 0 Å². The lowest BCUT2D eigenvalue weighted by Crippen LogP contribution is -1.75. The summed E-state index contributed by atoms with van der Waals surface area (Å²) in [6, 6.07) is 0. The van der Waals surface area contributed by atoms with Gasteiger partial charge >= 0.3 is 0 Å². The van der Waals surface area contributed by atoms with Crippen LogP contribution in [0.4, 0.5) is 0 Å². The van der Waals surface area contributed by atoms with Gasteiger partial charge < -0.3 is 5.41 Å². The summed E-state index contributed by atoms with van der Waals surface area (Å²) in [5.41, 5.74) is 2.20. The molecule has 0 fully saturated rings. The molecule has 0 aliphatic carbocycles. The molecule has 0 radical (unpaired) electrons. The predicted octanol–water partition coefficient (Wildman–Crippen LogP) is 2.55. The molecule has 9 heavy (non-hydrogen) atoms. The Labute approximate surface area is 56.6 Å². The summed E-state index contributed by atoms with van der Waals surface area (Å²) in [5, 5.41) is 6.86. The highest BCUT2D eigenvalue weighted by atomic mass is 14.3. The maximum absolute atomic E-state index is 6.86. The Balaban J connectivity index is 4.11. The van der Waals surface area contributed by atoms with E-state index in [9.17, 15) is 0 Å². The summed E-state index contributed by atoms with van der Waals surface area (Å²) in [6.07, 6.45) is 5.35. The zero-order chi connectivity index (χ0) is 7.28. The van der Waals surface area contributed by atoms with Gasteiger partial charge in [-0.2, -0.15) is 0 Å². The molecule has 0 aliphatic rings. The first-order valence-corrected chi connectivity index (χ1v) is 3.02. The Bertz CT molecular complexity index is 152. The highest BCUT2D eigenvalue weighted by Gasteiger charge is 1.80. The van der Waals surface area contributed by atoms with E-state index in [2.05, 4.69) is 0 Å². The fourth-order valence-corrected chi connectivity index (χ4v) is 0.484. The van der Waals surface area contributed by atoms with Gasteiger partial charge in [0.25, 0.3) is 0 Å². The van der Waals surface area contributed by atoms with Gasteiger partial charge in [0.2, 0.25) is 0 Å². The van der Waals surface area contributed by atoms with Crippen molar-refractivity contribution in [1.29, 1.82) is 5.41 Å². The second-order valence-corrected chi connectivity index (χ2v) is 2.07. The van der Waals surface area contributed by atoms with Crippen molar-refractivity contribution < 1.29 is 0 Å². The molecule has 0 aromatic carbocycles. The molecule has 0 saturated heterocycles. The lowest BCUT2D eigenvalue weighted by Gasteiger charge is -1.89. The minimum atomic E-state index is 0.991. The van der Waals surface area contributed by atoms with Crippen LogP contribution in [0.3, 0.4) is 0 Å². The van der Waals surface area contributed by atoms with Crippen LogP contribution in [0.1, 0.15) is 20.8 Å². The van der Waals surface area contributed by atoms with Gasteiger partial charge in [-0.15, -0.1) is 0 Å². The quantitative estimate of drug-likeness (QED) is 0.431. The molecule has 0 aromatic heterocycles. The molecule has 0 amide bonds. The molecular formula is C8H13N. The number of hydrogen-bond donors (Lipinski definition) is 1. The third-order valence-electron chi connectivity index (χ3n) is 1.14. The van der Waals surface area contributed by atoms with Gasteiger partial charge in [-0.05, 0) is 26.3 Å². The van der Waals surface area contributed by atoms with E-state index < -0.39 is 0 Å². The van der Waals surface area contributed by atoms with E-state index in [-0.39, 0.29) is 0 Å². The standard InChI is InChI=1S/C8H13N/c1-4-7(2)5-8(3)6-9/h4-6,9H,1-3H3/b7-4-,8-5-,9-6?. The molecule has 0 heterocycles. The Morgan fingerprint density at radius 2 is 1.78 bits per heavy atom. The maximum Gasteiger partial charge on any atom is 0.0207 e. The van der Waals surface area contributed by atoms with Crippen LogP contribution in [0.5, 0.6) is 0 Å². The van der Waals surface area contributed by atoms with Gasteiger partial charge in [-0.3, -0.25) is 0 Å². The van der Waals surface area contributed by atoms with Gasteiger partial charge in [0, 0.05) is 6.21 Å². The average molecular weight is 123 g/mol. The van der Waals surface area contributed by atoms with Gasteiger partial charge in [-0.25, -0.2) is 0 Å². The van der Waals surface area contributed by atoms with Crippen molar-refractivity contribution in [3.63, 3.8) is 0 Å². The zero-order valence-electron chi connectivity index (χ0n) is 6.23. The first-order chi connectivity index (χ1) is 4.20. The lowest BCUT2D eigenvalue weighted by atomic mass is 10.2. The van der Waals surface area contributed by atoms with E-state index in [1.807, 2.05) is 32.9 Å². The summed E-state index contributed by atoms with van der Waals surface area (Å²) in [6.45, 7) is 5.93. The summed E-state index contributed by atoms with van der Waals surface area (Å²) in [7, 11) is 0. The number of allylic oxidation sites excluding steroid dienone is 4. The van der Waals surface area contributed by atoms with Gasteiger partial charge in [0.1, 0.15) is 0 Å². The molecule has 1 N–H and O–H groups in total. The Hall–Kier alpha value is -0.850. The van der Waals surface area contributed by atoms with Crippen LogP contribution < -0.4 is 0 Å². The van der Waals surface area contributed by atoms with Crippen molar-refractivity contribution in [2.45, 2.75) is 20.8 Å². The summed E-state index contributed by atoms with van der Waals surface area (Å²) < 4.78 is 0. The predicted molar refractivity (Wildman–Crippen MR) is 42.0 cm³/mol. The molecule has 0 spiro atoms. The first kappa shape index (κ1) is 8.15. The number of nitrogens with one attached hydrogen (secondary N) is 1. The largest absolute Gasteiger partial charge is 0.308 e. The van der Waals surface area contributed by atoms with Gasteiger partial charge in [-0.1, -0.05) is 17.7 Å². The fraction of sp³-hybridized carbons (Fsp3) is 0.375. The summed E-state index contributed by atoms with van der Waals surface area (Å²) in [5.74, 6) is 0. The number of rotatable bonds is 2. The molecule has 0 atom stereocenters. The molecule has 0 bridgehead atoms. The Kier molecular flexibility index (Phi) is 3.69. The summed E-state index contributed by atoms with van der Waals surface area (Å²) >= 11 is 0. The Morgan fingerprint density at radius 3 is 2.11 bits per heavy atom. The van der Waals surface area contributed by atoms with Crippen molar-refractivity contribution in [1.82, 2.24) is 0 Å². The van der Waals surface area contributed by atoms with Crippen LogP contribution in [0.25, 0.3) is 0 Å². The third-order valence-corrected chi connectivity index (χ3v) is 1.14. The molecule has 1 nitrogen and oxygen atoms in total. The zero-order valence-corrected chi connectivity index (χ0v) is 6.23. The van der Waals surface area contributed by atoms with Gasteiger partial charge in [0.15, 0.2) is 0 Å². The van der Waals surface area contributed by atoms with Crippen LogP contribution in [-0.4, -0.2) is 6.21 Å². The second-order valence-electron chi connectivity index (χ2n) is 2.07. The van der Waals surface area contributed by atoms with Crippen LogP contribution in [0, 0.1) is 5.41 Å². The van der Waals surface area contributed by atoms with E-state index >= 15 is 0 Å². The molecule has 50 valence electrons. The Morgan fingerprint density at radius 1 is 1.22 bits per heavy atom. The molecule has 0 aliphatic heterocycles. The van der Waals surface area contributed by atoms with Crippen LogP contribution in [0.15, 0.2) is 23.3 Å². The highest BCUT2D eigenvalue weighted by molar-refractivity contribution is 5.75. The van der Waals surface area contributed by atoms with Gasteiger partial charge in [0.05, 0.1) is 0 Å². The molecule has 0 aromatic rings.